The maximum absolute atomic E-state index is 13.9. The van der Waals surface area contributed by atoms with Crippen LogP contribution in [-0.2, 0) is 17.9 Å². The molecule has 3 aromatic rings. The smallest absolute Gasteiger partial charge is 0.293 e. The van der Waals surface area contributed by atoms with E-state index < -0.39 is 17.0 Å². The topological polar surface area (TPSA) is 46.6 Å². The van der Waals surface area contributed by atoms with Crippen molar-refractivity contribution in [2.45, 2.75) is 13.2 Å². The van der Waals surface area contributed by atoms with Crippen LogP contribution in [0.5, 0.6) is 5.75 Å². The highest BCUT2D eigenvalue weighted by atomic mass is 32.2. The van der Waals surface area contributed by atoms with E-state index in [1.165, 1.54) is 18.2 Å². The SMILES string of the molecule is O=C1S/C(=C\c2ccccc2OCc2ccccc2F)C(=O)N1Cc1ccccc1F. The summed E-state index contributed by atoms with van der Waals surface area (Å²) in [6.45, 7) is -0.119. The molecule has 4 rings (SSSR count). The largest absolute Gasteiger partial charge is 0.488 e. The highest BCUT2D eigenvalue weighted by molar-refractivity contribution is 8.18. The van der Waals surface area contributed by atoms with Crippen LogP contribution in [0.4, 0.5) is 13.6 Å². The van der Waals surface area contributed by atoms with Crippen molar-refractivity contribution >= 4 is 29.0 Å². The zero-order valence-corrected chi connectivity index (χ0v) is 17.1. The van der Waals surface area contributed by atoms with Crippen molar-refractivity contribution in [3.63, 3.8) is 0 Å². The minimum atomic E-state index is -0.498. The van der Waals surface area contributed by atoms with Gasteiger partial charge in [0, 0.05) is 16.7 Å². The third kappa shape index (κ3) is 4.67. The van der Waals surface area contributed by atoms with E-state index in [9.17, 15) is 18.4 Å². The van der Waals surface area contributed by atoms with Crippen LogP contribution in [0, 0.1) is 11.6 Å². The molecule has 4 nitrogen and oxygen atoms in total. The van der Waals surface area contributed by atoms with Gasteiger partial charge in [-0.05, 0) is 36.0 Å². The first-order valence-electron chi connectivity index (χ1n) is 9.47. The van der Waals surface area contributed by atoms with E-state index in [0.29, 0.717) is 16.9 Å². The van der Waals surface area contributed by atoms with Crippen molar-refractivity contribution in [1.29, 1.82) is 0 Å². The molecule has 1 aliphatic heterocycles. The Balaban J connectivity index is 1.54. The Bertz CT molecular complexity index is 1180. The third-order valence-electron chi connectivity index (χ3n) is 4.71. The van der Waals surface area contributed by atoms with Gasteiger partial charge in [-0.3, -0.25) is 14.5 Å². The lowest BCUT2D eigenvalue weighted by molar-refractivity contribution is -0.123. The summed E-state index contributed by atoms with van der Waals surface area (Å²) in [6.07, 6.45) is 1.56. The quantitative estimate of drug-likeness (QED) is 0.459. The minimum Gasteiger partial charge on any atom is -0.488 e. The lowest BCUT2D eigenvalue weighted by Gasteiger charge is -2.13. The molecule has 0 saturated carbocycles. The van der Waals surface area contributed by atoms with Gasteiger partial charge in [-0.15, -0.1) is 0 Å². The number of hydrogen-bond acceptors (Lipinski definition) is 4. The van der Waals surface area contributed by atoms with Crippen molar-refractivity contribution in [2.75, 3.05) is 0 Å². The van der Waals surface area contributed by atoms with Crippen LogP contribution in [0.3, 0.4) is 0 Å². The molecule has 7 heteroatoms. The molecule has 0 bridgehead atoms. The molecule has 0 unspecified atom stereocenters. The molecule has 0 atom stereocenters. The van der Waals surface area contributed by atoms with E-state index in [2.05, 4.69) is 0 Å². The Labute approximate surface area is 182 Å². The maximum Gasteiger partial charge on any atom is 0.293 e. The van der Waals surface area contributed by atoms with Crippen molar-refractivity contribution in [3.05, 3.63) is 106 Å². The number of amides is 2. The average molecular weight is 437 g/mol. The predicted molar refractivity (Wildman–Crippen MR) is 115 cm³/mol. The fourth-order valence-corrected chi connectivity index (χ4v) is 3.91. The molecule has 0 radical (unpaired) electrons. The number of carbonyl (C=O) groups is 2. The maximum atomic E-state index is 13.9. The molecule has 31 heavy (non-hydrogen) atoms. The number of nitrogens with zero attached hydrogens (tertiary/aromatic N) is 1. The average Bonchev–Trinajstić information content (AvgIpc) is 3.03. The van der Waals surface area contributed by atoms with E-state index in [-0.39, 0.29) is 29.4 Å². The van der Waals surface area contributed by atoms with Crippen LogP contribution >= 0.6 is 11.8 Å². The number of hydrogen-bond donors (Lipinski definition) is 0. The number of ether oxygens (including phenoxy) is 1. The van der Waals surface area contributed by atoms with Gasteiger partial charge in [0.25, 0.3) is 11.1 Å². The van der Waals surface area contributed by atoms with Gasteiger partial charge < -0.3 is 4.74 Å². The van der Waals surface area contributed by atoms with Crippen molar-refractivity contribution < 1.29 is 23.1 Å². The van der Waals surface area contributed by atoms with E-state index in [4.69, 9.17) is 4.74 Å². The molecule has 0 spiro atoms. The second kappa shape index (κ2) is 9.14. The Morgan fingerprint density at radius 1 is 0.839 bits per heavy atom. The van der Waals surface area contributed by atoms with Crippen molar-refractivity contribution in [3.8, 4) is 5.75 Å². The highest BCUT2D eigenvalue weighted by Crippen LogP contribution is 2.35. The van der Waals surface area contributed by atoms with Gasteiger partial charge >= 0.3 is 0 Å². The molecular weight excluding hydrogens is 420 g/mol. The van der Waals surface area contributed by atoms with Gasteiger partial charge in [-0.1, -0.05) is 54.6 Å². The summed E-state index contributed by atoms with van der Waals surface area (Å²) in [5.41, 5.74) is 1.25. The van der Waals surface area contributed by atoms with E-state index in [1.807, 2.05) is 0 Å². The molecule has 2 amide bonds. The summed E-state index contributed by atoms with van der Waals surface area (Å²) in [5, 5.41) is -0.468. The monoisotopic (exact) mass is 437 g/mol. The van der Waals surface area contributed by atoms with Crippen molar-refractivity contribution in [2.24, 2.45) is 0 Å². The second-order valence-corrected chi connectivity index (χ2v) is 7.77. The Hall–Kier alpha value is -3.45. The van der Waals surface area contributed by atoms with Gasteiger partial charge in [0.1, 0.15) is 24.0 Å². The number of carbonyl (C=O) groups excluding carboxylic acids is 2. The van der Waals surface area contributed by atoms with Crippen LogP contribution in [0.25, 0.3) is 6.08 Å². The fourth-order valence-electron chi connectivity index (χ4n) is 3.08. The molecule has 1 fully saturated rings. The first kappa shape index (κ1) is 20.8. The van der Waals surface area contributed by atoms with Crippen LogP contribution < -0.4 is 4.74 Å². The van der Waals surface area contributed by atoms with Crippen LogP contribution in [0.15, 0.2) is 77.7 Å². The van der Waals surface area contributed by atoms with Gasteiger partial charge in [0.2, 0.25) is 0 Å². The summed E-state index contributed by atoms with van der Waals surface area (Å²) in [7, 11) is 0. The standard InChI is InChI=1S/C24H17F2NO3S/c25-19-10-4-1-8-17(19)14-27-23(28)22(31-24(27)29)13-16-7-3-6-12-21(16)30-15-18-9-2-5-11-20(18)26/h1-13H,14-15H2/b22-13-. The lowest BCUT2D eigenvalue weighted by atomic mass is 10.1. The predicted octanol–water partition coefficient (Wildman–Crippen LogP) is 5.78. The van der Waals surface area contributed by atoms with Gasteiger partial charge in [-0.2, -0.15) is 0 Å². The molecule has 3 aromatic carbocycles. The molecule has 0 N–H and O–H groups in total. The van der Waals surface area contributed by atoms with E-state index >= 15 is 0 Å². The lowest BCUT2D eigenvalue weighted by Crippen LogP contribution is -2.27. The van der Waals surface area contributed by atoms with Crippen LogP contribution in [-0.4, -0.2) is 16.0 Å². The number of imide groups is 1. The summed E-state index contributed by atoms with van der Waals surface area (Å²) in [4.78, 5) is 26.4. The normalized spacial score (nSPS) is 15.0. The molecule has 156 valence electrons. The van der Waals surface area contributed by atoms with Gasteiger partial charge in [0.05, 0.1) is 11.4 Å². The highest BCUT2D eigenvalue weighted by Gasteiger charge is 2.35. The summed E-state index contributed by atoms with van der Waals surface area (Å²) in [6, 6.07) is 19.3. The van der Waals surface area contributed by atoms with Gasteiger partial charge in [-0.25, -0.2) is 8.78 Å². The minimum absolute atomic E-state index is 0.0201. The molecule has 1 saturated heterocycles. The van der Waals surface area contributed by atoms with Crippen molar-refractivity contribution in [1.82, 2.24) is 4.90 Å². The first-order valence-corrected chi connectivity index (χ1v) is 10.3. The molecular formula is C24H17F2NO3S. The number of halogens is 2. The molecule has 0 aromatic heterocycles. The molecule has 0 aliphatic carbocycles. The van der Waals surface area contributed by atoms with E-state index in [1.54, 1.807) is 60.7 Å². The Morgan fingerprint density at radius 2 is 1.45 bits per heavy atom. The number of thioether (sulfide) groups is 1. The van der Waals surface area contributed by atoms with E-state index in [0.717, 1.165) is 16.7 Å². The molecule has 1 heterocycles. The fraction of sp³-hybridized carbons (Fsp3) is 0.0833. The summed E-state index contributed by atoms with van der Waals surface area (Å²) < 4.78 is 33.6. The number of benzene rings is 3. The first-order chi connectivity index (χ1) is 15.0. The van der Waals surface area contributed by atoms with Crippen LogP contribution in [0.2, 0.25) is 0 Å². The zero-order chi connectivity index (χ0) is 21.8. The van der Waals surface area contributed by atoms with Gasteiger partial charge in [0.15, 0.2) is 0 Å². The second-order valence-electron chi connectivity index (χ2n) is 6.78. The van der Waals surface area contributed by atoms with Crippen LogP contribution in [0.1, 0.15) is 16.7 Å². The summed E-state index contributed by atoms with van der Waals surface area (Å²) in [5.74, 6) is -0.888. The molecule has 1 aliphatic rings. The number of para-hydroxylation sites is 1. The zero-order valence-electron chi connectivity index (χ0n) is 16.3. The Kier molecular flexibility index (Phi) is 6.13. The Morgan fingerprint density at radius 3 is 2.16 bits per heavy atom. The summed E-state index contributed by atoms with van der Waals surface area (Å²) >= 11 is 0.788. The third-order valence-corrected chi connectivity index (χ3v) is 5.61. The number of rotatable bonds is 6.